The molecule has 0 bridgehead atoms. The molecule has 0 aliphatic heterocycles. The minimum Gasteiger partial charge on any atom is -0.324 e. The number of hydrogen-bond acceptors (Lipinski definition) is 4. The van der Waals surface area contributed by atoms with Gasteiger partial charge in [-0.05, 0) is 58.1 Å². The van der Waals surface area contributed by atoms with E-state index in [1.807, 2.05) is 27.1 Å². The fourth-order valence-corrected chi connectivity index (χ4v) is 2.94. The molecule has 6 heteroatoms. The van der Waals surface area contributed by atoms with E-state index in [0.717, 1.165) is 24.9 Å². The van der Waals surface area contributed by atoms with Crippen LogP contribution in [0.15, 0.2) is 29.2 Å². The molecule has 1 rings (SSSR count). The van der Waals surface area contributed by atoms with Crippen molar-refractivity contribution in [2.45, 2.75) is 30.7 Å². The number of nitrogens with one attached hydrogen (secondary N) is 1. The molecule has 0 saturated heterocycles. The van der Waals surface area contributed by atoms with Crippen LogP contribution in [0.2, 0.25) is 0 Å². The number of hydrogen-bond donors (Lipinski definition) is 2. The predicted octanol–water partition coefficient (Wildman–Crippen LogP) is 1.33. The predicted molar refractivity (Wildman–Crippen MR) is 82.0 cm³/mol. The maximum absolute atomic E-state index is 12.1. The van der Waals surface area contributed by atoms with Gasteiger partial charge in [-0.3, -0.25) is 0 Å². The van der Waals surface area contributed by atoms with E-state index in [0.29, 0.717) is 6.54 Å². The number of sulfonamides is 1. The lowest BCUT2D eigenvalue weighted by atomic mass is 10.1. The van der Waals surface area contributed by atoms with Crippen molar-refractivity contribution in [2.24, 2.45) is 5.73 Å². The van der Waals surface area contributed by atoms with Crippen LogP contribution in [0.5, 0.6) is 0 Å². The summed E-state index contributed by atoms with van der Waals surface area (Å²) < 4.78 is 26.9. The van der Waals surface area contributed by atoms with Gasteiger partial charge in [0.05, 0.1) is 4.90 Å². The van der Waals surface area contributed by atoms with E-state index in [2.05, 4.69) is 9.62 Å². The first-order valence-corrected chi connectivity index (χ1v) is 8.31. The Balaban J connectivity index is 2.58. The zero-order chi connectivity index (χ0) is 15.2. The first-order chi connectivity index (χ1) is 9.33. The lowest BCUT2D eigenvalue weighted by Crippen LogP contribution is -2.25. The van der Waals surface area contributed by atoms with Gasteiger partial charge in [-0.15, -0.1) is 0 Å². The first kappa shape index (κ1) is 17.1. The van der Waals surface area contributed by atoms with Gasteiger partial charge in [-0.2, -0.15) is 0 Å². The van der Waals surface area contributed by atoms with Crippen molar-refractivity contribution in [3.8, 4) is 0 Å². The average molecular weight is 299 g/mol. The van der Waals surface area contributed by atoms with Crippen LogP contribution in [-0.4, -0.2) is 40.5 Å². The van der Waals surface area contributed by atoms with Gasteiger partial charge in [0.2, 0.25) is 10.0 Å². The zero-order valence-corrected chi connectivity index (χ0v) is 13.3. The number of nitrogens with two attached hydrogens (primary N) is 1. The number of benzene rings is 1. The lowest BCUT2D eigenvalue weighted by molar-refractivity contribution is 0.394. The fourth-order valence-electron chi connectivity index (χ4n) is 1.81. The first-order valence-electron chi connectivity index (χ1n) is 6.83. The molecule has 114 valence electrons. The van der Waals surface area contributed by atoms with Crippen molar-refractivity contribution in [1.82, 2.24) is 9.62 Å². The van der Waals surface area contributed by atoms with Gasteiger partial charge < -0.3 is 10.6 Å². The summed E-state index contributed by atoms with van der Waals surface area (Å²) >= 11 is 0. The van der Waals surface area contributed by atoms with E-state index in [1.54, 1.807) is 18.2 Å². The fraction of sp³-hybridized carbons (Fsp3) is 0.571. The van der Waals surface area contributed by atoms with Gasteiger partial charge in [0.25, 0.3) is 0 Å². The number of rotatable bonds is 8. The van der Waals surface area contributed by atoms with Crippen LogP contribution < -0.4 is 10.5 Å². The van der Waals surface area contributed by atoms with Gasteiger partial charge >= 0.3 is 0 Å². The highest BCUT2D eigenvalue weighted by Gasteiger charge is 2.14. The molecule has 0 spiro atoms. The molecule has 0 aromatic heterocycles. The van der Waals surface area contributed by atoms with Gasteiger partial charge in [-0.1, -0.05) is 12.1 Å². The summed E-state index contributed by atoms with van der Waals surface area (Å²) in [5, 5.41) is 0. The van der Waals surface area contributed by atoms with Crippen LogP contribution in [0.4, 0.5) is 0 Å². The van der Waals surface area contributed by atoms with Crippen molar-refractivity contribution in [3.05, 3.63) is 29.8 Å². The normalized spacial score (nSPS) is 13.7. The summed E-state index contributed by atoms with van der Waals surface area (Å²) in [6.07, 6.45) is 1.79. The van der Waals surface area contributed by atoms with E-state index < -0.39 is 10.0 Å². The van der Waals surface area contributed by atoms with E-state index in [9.17, 15) is 8.42 Å². The van der Waals surface area contributed by atoms with Gasteiger partial charge in [-0.25, -0.2) is 13.1 Å². The molecule has 0 amide bonds. The number of unbranched alkanes of at least 4 members (excludes halogenated alkanes) is 1. The summed E-state index contributed by atoms with van der Waals surface area (Å²) in [4.78, 5) is 2.36. The molecule has 0 aliphatic carbocycles. The van der Waals surface area contributed by atoms with Gasteiger partial charge in [0.15, 0.2) is 0 Å². The van der Waals surface area contributed by atoms with Gasteiger partial charge in [0, 0.05) is 12.6 Å². The maximum Gasteiger partial charge on any atom is 0.240 e. The minimum absolute atomic E-state index is 0.176. The molecular formula is C14H25N3O2S. The Bertz CT molecular complexity index is 513. The van der Waals surface area contributed by atoms with Crippen molar-refractivity contribution in [2.75, 3.05) is 27.2 Å². The van der Waals surface area contributed by atoms with Crippen LogP contribution in [0.1, 0.15) is 31.4 Å². The van der Waals surface area contributed by atoms with Crippen LogP contribution >= 0.6 is 0 Å². The summed E-state index contributed by atoms with van der Waals surface area (Å²) in [5.41, 5.74) is 6.59. The van der Waals surface area contributed by atoms with Gasteiger partial charge in [0.1, 0.15) is 0 Å². The maximum atomic E-state index is 12.1. The van der Waals surface area contributed by atoms with E-state index in [1.165, 1.54) is 0 Å². The molecule has 1 atom stereocenters. The Morgan fingerprint density at radius 2 is 2.00 bits per heavy atom. The third kappa shape index (κ3) is 5.58. The zero-order valence-electron chi connectivity index (χ0n) is 12.5. The molecule has 5 nitrogen and oxygen atoms in total. The highest BCUT2D eigenvalue weighted by Crippen LogP contribution is 2.15. The molecular weight excluding hydrogens is 274 g/mol. The third-order valence-electron chi connectivity index (χ3n) is 3.02. The highest BCUT2D eigenvalue weighted by atomic mass is 32.2. The Morgan fingerprint density at radius 3 is 2.60 bits per heavy atom. The van der Waals surface area contributed by atoms with E-state index in [-0.39, 0.29) is 10.9 Å². The second-order valence-electron chi connectivity index (χ2n) is 5.27. The van der Waals surface area contributed by atoms with Crippen molar-refractivity contribution in [3.63, 3.8) is 0 Å². The van der Waals surface area contributed by atoms with Crippen molar-refractivity contribution < 1.29 is 8.42 Å². The molecule has 0 saturated carbocycles. The Labute approximate surface area is 122 Å². The summed E-state index contributed by atoms with van der Waals surface area (Å²) in [5.74, 6) is 0. The molecule has 1 aromatic rings. The third-order valence-corrected chi connectivity index (χ3v) is 4.48. The van der Waals surface area contributed by atoms with Crippen molar-refractivity contribution >= 4 is 10.0 Å². The molecule has 3 N–H and O–H groups in total. The monoisotopic (exact) mass is 299 g/mol. The molecule has 0 fully saturated rings. The van der Waals surface area contributed by atoms with Crippen LogP contribution in [0, 0.1) is 0 Å². The summed E-state index contributed by atoms with van der Waals surface area (Å²) in [6, 6.07) is 6.60. The molecule has 1 unspecified atom stereocenters. The van der Waals surface area contributed by atoms with E-state index in [4.69, 9.17) is 5.73 Å². The molecule has 0 heterocycles. The highest BCUT2D eigenvalue weighted by molar-refractivity contribution is 7.89. The standard InChI is InChI=1S/C14H25N3O2S/c1-12(15)13-7-6-8-14(11-13)20(18,19)16-9-4-5-10-17(2)3/h6-8,11-12,16H,4-5,9-10,15H2,1-3H3. The smallest absolute Gasteiger partial charge is 0.240 e. The SMILES string of the molecule is CC(N)c1cccc(S(=O)(=O)NCCCCN(C)C)c1. The molecule has 1 aromatic carbocycles. The molecule has 20 heavy (non-hydrogen) atoms. The number of nitrogens with zero attached hydrogens (tertiary/aromatic N) is 1. The lowest BCUT2D eigenvalue weighted by Gasteiger charge is -2.11. The van der Waals surface area contributed by atoms with E-state index >= 15 is 0 Å². The topological polar surface area (TPSA) is 75.4 Å². The van der Waals surface area contributed by atoms with Crippen LogP contribution in [0.3, 0.4) is 0 Å². The second kappa shape index (κ2) is 7.73. The molecule has 0 radical (unpaired) electrons. The largest absolute Gasteiger partial charge is 0.324 e. The van der Waals surface area contributed by atoms with Crippen LogP contribution in [0.25, 0.3) is 0 Å². The van der Waals surface area contributed by atoms with Crippen LogP contribution in [-0.2, 0) is 10.0 Å². The summed E-state index contributed by atoms with van der Waals surface area (Å²) in [6.45, 7) is 3.25. The Hall–Kier alpha value is -0.950. The minimum atomic E-state index is -3.44. The molecule has 0 aliphatic rings. The average Bonchev–Trinajstić information content (AvgIpc) is 2.38. The summed E-state index contributed by atoms with van der Waals surface area (Å²) in [7, 11) is 0.571. The van der Waals surface area contributed by atoms with Crippen molar-refractivity contribution in [1.29, 1.82) is 0 Å². The Morgan fingerprint density at radius 1 is 1.30 bits per heavy atom. The Kier molecular flexibility index (Phi) is 6.61. The second-order valence-corrected chi connectivity index (χ2v) is 7.04. The quantitative estimate of drug-likeness (QED) is 0.710.